The minimum atomic E-state index is -0.222. The molecule has 202 valence electrons. The molecule has 1 aromatic rings. The predicted molar refractivity (Wildman–Crippen MR) is 154 cm³/mol. The van der Waals surface area contributed by atoms with E-state index in [2.05, 4.69) is 59.4 Å². The maximum absolute atomic E-state index is 14.9. The molecule has 0 aliphatic carbocycles. The van der Waals surface area contributed by atoms with Crippen molar-refractivity contribution in [2.45, 2.75) is 125 Å². The molecule has 0 aliphatic rings. The topological polar surface area (TPSA) is 15.6 Å². The fourth-order valence-corrected chi connectivity index (χ4v) is 6.08. The summed E-state index contributed by atoms with van der Waals surface area (Å²) < 4.78 is 14.9. The number of hydrogen-bond acceptors (Lipinski definition) is 1. The molecule has 2 unspecified atom stereocenters. The molecule has 0 aliphatic heterocycles. The third kappa shape index (κ3) is 9.71. The van der Waals surface area contributed by atoms with Crippen LogP contribution in [0.2, 0.25) is 5.02 Å². The van der Waals surface area contributed by atoms with Crippen molar-refractivity contribution in [3.63, 3.8) is 0 Å². The summed E-state index contributed by atoms with van der Waals surface area (Å²) in [4.78, 5) is 7.33. The lowest BCUT2D eigenvalue weighted by atomic mass is 9.59. The summed E-state index contributed by atoms with van der Waals surface area (Å²) in [5, 5.41) is 0.507. The van der Waals surface area contributed by atoms with Crippen molar-refractivity contribution in [3.8, 4) is 0 Å². The van der Waals surface area contributed by atoms with E-state index in [0.29, 0.717) is 16.9 Å². The molecule has 0 N–H and O–H groups in total. The predicted octanol–water partition coefficient (Wildman–Crippen LogP) is 10.1. The van der Waals surface area contributed by atoms with E-state index >= 15 is 0 Å². The van der Waals surface area contributed by atoms with Gasteiger partial charge in [0.15, 0.2) is 0 Å². The number of benzene rings is 1. The monoisotopic (exact) mass is 508 g/mol. The molecule has 1 rings (SSSR count). The van der Waals surface area contributed by atoms with Crippen LogP contribution in [0.25, 0.3) is 0 Å². The van der Waals surface area contributed by atoms with Gasteiger partial charge in [0.25, 0.3) is 0 Å². The van der Waals surface area contributed by atoms with Crippen molar-refractivity contribution < 1.29 is 4.39 Å². The lowest BCUT2D eigenvalue weighted by Crippen LogP contribution is -2.52. The van der Waals surface area contributed by atoms with Crippen LogP contribution in [0.3, 0.4) is 0 Å². The highest BCUT2D eigenvalue weighted by Crippen LogP contribution is 2.47. The van der Waals surface area contributed by atoms with Crippen LogP contribution in [0.1, 0.15) is 125 Å². The highest BCUT2D eigenvalue weighted by atomic mass is 35.5. The van der Waals surface area contributed by atoms with Gasteiger partial charge in [0.1, 0.15) is 5.82 Å². The Morgan fingerprint density at radius 2 is 1.63 bits per heavy atom. The number of likely N-dealkylation sites (N-methyl/N-ethyl adjacent to an activating group) is 1. The van der Waals surface area contributed by atoms with Gasteiger partial charge in [0.2, 0.25) is 0 Å². The Morgan fingerprint density at radius 3 is 2.20 bits per heavy atom. The van der Waals surface area contributed by atoms with Gasteiger partial charge in [-0.25, -0.2) is 4.39 Å². The van der Waals surface area contributed by atoms with Gasteiger partial charge in [0.05, 0.1) is 5.84 Å². The number of hydrogen-bond donors (Lipinski definition) is 0. The van der Waals surface area contributed by atoms with Crippen molar-refractivity contribution in [2.24, 2.45) is 16.8 Å². The van der Waals surface area contributed by atoms with Crippen LogP contribution in [-0.2, 0) is 5.41 Å². The van der Waals surface area contributed by atoms with Crippen LogP contribution < -0.4 is 0 Å². The lowest BCUT2D eigenvalue weighted by molar-refractivity contribution is 0.112. The van der Waals surface area contributed by atoms with E-state index in [1.165, 1.54) is 51.0 Å². The summed E-state index contributed by atoms with van der Waals surface area (Å²) >= 11 is 6.52. The molecular formula is C31H54ClFN2. The van der Waals surface area contributed by atoms with E-state index in [1.807, 2.05) is 0 Å². The second kappa shape index (κ2) is 17.4. The molecule has 0 saturated carbocycles. The molecule has 0 amide bonds. The molecule has 0 aromatic heterocycles. The minimum Gasteiger partial charge on any atom is -0.360 e. The zero-order valence-electron chi connectivity index (χ0n) is 23.9. The number of amidine groups is 1. The van der Waals surface area contributed by atoms with Crippen LogP contribution in [-0.4, -0.2) is 30.4 Å². The normalized spacial score (nSPS) is 15.6. The van der Waals surface area contributed by atoms with E-state index in [9.17, 15) is 4.39 Å². The molecule has 2 nitrogen and oxygen atoms in total. The first-order chi connectivity index (χ1) is 16.8. The number of nitrogens with zero attached hydrogens (tertiary/aromatic N) is 2. The van der Waals surface area contributed by atoms with E-state index in [1.54, 1.807) is 6.07 Å². The highest BCUT2D eigenvalue weighted by Gasteiger charge is 2.45. The fraction of sp³-hybridized carbons (Fsp3) is 0.774. The second-order valence-corrected chi connectivity index (χ2v) is 11.0. The average Bonchev–Trinajstić information content (AvgIpc) is 2.83. The van der Waals surface area contributed by atoms with E-state index in [4.69, 9.17) is 16.6 Å². The molecule has 0 fully saturated rings. The zero-order chi connectivity index (χ0) is 26.3. The Bertz CT molecular complexity index is 714. The first-order valence-corrected chi connectivity index (χ1v) is 14.9. The molecule has 0 saturated heterocycles. The summed E-state index contributed by atoms with van der Waals surface area (Å²) in [5.41, 5.74) is 0.907. The maximum Gasteiger partial charge on any atom is 0.124 e. The molecule has 3 atom stereocenters. The smallest absolute Gasteiger partial charge is 0.124 e. The van der Waals surface area contributed by atoms with Gasteiger partial charge >= 0.3 is 0 Å². The molecule has 35 heavy (non-hydrogen) atoms. The SMILES string of the molecule is CCCCCCC(CCC)C(CN(CC)/C(C)=N\CCC)(c1cc(F)cc(Cl)c1)[C@@H](C)CCCC. The van der Waals surface area contributed by atoms with Gasteiger partial charge in [-0.2, -0.15) is 0 Å². The van der Waals surface area contributed by atoms with Crippen LogP contribution >= 0.6 is 11.6 Å². The van der Waals surface area contributed by atoms with Gasteiger partial charge in [-0.3, -0.25) is 4.99 Å². The minimum absolute atomic E-state index is 0.178. The van der Waals surface area contributed by atoms with Gasteiger partial charge in [-0.05, 0) is 75.1 Å². The molecule has 0 radical (unpaired) electrons. The standard InChI is InChI=1S/C31H54ClFN2/c1-8-13-15-16-19-27(17-10-3)31(25(6)18-14-9-2,28-21-29(32)23-30(33)22-28)24-35(12-5)26(7)34-20-11-4/h21-23,25,27H,8-20,24H2,1-7H3/b34-26-/t25-,27?,31?/m0/s1. The first-order valence-electron chi connectivity index (χ1n) is 14.5. The Hall–Kier alpha value is -1.09. The van der Waals surface area contributed by atoms with Gasteiger partial charge in [-0.15, -0.1) is 0 Å². The lowest BCUT2D eigenvalue weighted by Gasteiger charge is -2.49. The number of rotatable bonds is 18. The highest BCUT2D eigenvalue weighted by molar-refractivity contribution is 6.30. The van der Waals surface area contributed by atoms with Crippen molar-refractivity contribution >= 4 is 17.4 Å². The van der Waals surface area contributed by atoms with Crippen molar-refractivity contribution in [1.29, 1.82) is 0 Å². The van der Waals surface area contributed by atoms with E-state index in [-0.39, 0.29) is 11.2 Å². The molecule has 4 heteroatoms. The Labute approximate surface area is 222 Å². The van der Waals surface area contributed by atoms with Crippen molar-refractivity contribution in [1.82, 2.24) is 4.90 Å². The Morgan fingerprint density at radius 1 is 0.914 bits per heavy atom. The first kappa shape index (κ1) is 31.9. The number of unbranched alkanes of at least 4 members (excludes halogenated alkanes) is 4. The van der Waals surface area contributed by atoms with E-state index in [0.717, 1.165) is 56.7 Å². The van der Waals surface area contributed by atoms with Crippen LogP contribution in [0.5, 0.6) is 0 Å². The summed E-state index contributed by atoms with van der Waals surface area (Å²) in [6, 6.07) is 5.30. The van der Waals surface area contributed by atoms with Crippen LogP contribution in [0.15, 0.2) is 23.2 Å². The summed E-state index contributed by atoms with van der Waals surface area (Å²) in [6.07, 6.45) is 13.1. The summed E-state index contributed by atoms with van der Waals surface area (Å²) in [5.74, 6) is 1.77. The largest absolute Gasteiger partial charge is 0.360 e. The van der Waals surface area contributed by atoms with Crippen molar-refractivity contribution in [2.75, 3.05) is 19.6 Å². The molecule has 0 bridgehead atoms. The second-order valence-electron chi connectivity index (χ2n) is 10.5. The fourth-order valence-electron chi connectivity index (χ4n) is 5.86. The molecule has 1 aromatic carbocycles. The van der Waals surface area contributed by atoms with Crippen LogP contribution in [0, 0.1) is 17.7 Å². The quantitative estimate of drug-likeness (QED) is 0.109. The maximum atomic E-state index is 14.9. The third-order valence-electron chi connectivity index (χ3n) is 7.90. The Balaban J connectivity index is 3.73. The molecule has 0 heterocycles. The van der Waals surface area contributed by atoms with E-state index < -0.39 is 0 Å². The third-order valence-corrected chi connectivity index (χ3v) is 8.12. The number of halogens is 2. The summed E-state index contributed by atoms with van der Waals surface area (Å²) in [7, 11) is 0. The zero-order valence-corrected chi connectivity index (χ0v) is 24.7. The van der Waals surface area contributed by atoms with Gasteiger partial charge < -0.3 is 4.90 Å². The van der Waals surface area contributed by atoms with Crippen LogP contribution in [0.4, 0.5) is 4.39 Å². The van der Waals surface area contributed by atoms with Gasteiger partial charge in [-0.1, -0.05) is 91.2 Å². The number of aliphatic imine (C=N–C) groups is 1. The average molecular weight is 509 g/mol. The van der Waals surface area contributed by atoms with Gasteiger partial charge in [0, 0.05) is 30.1 Å². The Kier molecular flexibility index (Phi) is 15.9. The summed E-state index contributed by atoms with van der Waals surface area (Å²) in [6.45, 7) is 18.4. The molecular weight excluding hydrogens is 455 g/mol. The molecule has 0 spiro atoms. The van der Waals surface area contributed by atoms with Crippen molar-refractivity contribution in [3.05, 3.63) is 34.6 Å².